The van der Waals surface area contributed by atoms with Gasteiger partial charge in [0.1, 0.15) is 0 Å². The average Bonchev–Trinajstić information content (AvgIpc) is 2.71. The highest BCUT2D eigenvalue weighted by Gasteiger charge is 2.15. The summed E-state index contributed by atoms with van der Waals surface area (Å²) < 4.78 is 17.5. The normalized spacial score (nSPS) is 16.6. The van der Waals surface area contributed by atoms with Gasteiger partial charge in [-0.3, -0.25) is 0 Å². The van der Waals surface area contributed by atoms with E-state index in [-0.39, 0.29) is 6.05 Å². The molecular formula is C14H17N3O2. The van der Waals surface area contributed by atoms with Crippen LogP contribution in [-0.2, 0) is 0 Å². The fourth-order valence-electron chi connectivity index (χ4n) is 1.89. The molecule has 0 saturated carbocycles. The minimum absolute atomic E-state index is 0.235. The first-order valence-corrected chi connectivity index (χ1v) is 5.98. The van der Waals surface area contributed by atoms with E-state index in [1.54, 1.807) is 44.2 Å². The maximum Gasteiger partial charge on any atom is 0.352 e. The molecule has 0 aliphatic carbocycles. The Morgan fingerprint density at radius 3 is 2.68 bits per heavy atom. The molecule has 0 bridgehead atoms. The molecule has 0 spiro atoms. The van der Waals surface area contributed by atoms with Gasteiger partial charge in [0.2, 0.25) is 0 Å². The molecule has 1 N–H and O–H groups in total. The molecule has 2 atom stereocenters. The van der Waals surface area contributed by atoms with E-state index in [0.29, 0.717) is 5.69 Å². The van der Waals surface area contributed by atoms with Gasteiger partial charge in [-0.1, -0.05) is 37.3 Å². The number of para-hydroxylation sites is 1. The number of nitrogens with zero attached hydrogens (tertiary/aromatic N) is 2. The maximum absolute atomic E-state index is 12.4. The number of rotatable bonds is 4. The van der Waals surface area contributed by atoms with Crippen molar-refractivity contribution in [2.45, 2.75) is 26.3 Å². The van der Waals surface area contributed by atoms with Crippen LogP contribution in [0.5, 0.6) is 0 Å². The molecule has 1 aromatic heterocycles. The van der Waals surface area contributed by atoms with Crippen LogP contribution in [0.2, 0.25) is 0 Å². The zero-order valence-corrected chi connectivity index (χ0v) is 10.8. The quantitative estimate of drug-likeness (QED) is 0.854. The first-order chi connectivity index (χ1) is 9.91. The summed E-state index contributed by atoms with van der Waals surface area (Å²) >= 11 is 0. The summed E-state index contributed by atoms with van der Waals surface area (Å²) in [5.74, 6) is 0. The second-order valence-corrected chi connectivity index (χ2v) is 4.02. The Bertz CT molecular complexity index is 753. The number of allylic oxidation sites excluding steroid dienone is 2. The molecule has 0 amide bonds. The van der Waals surface area contributed by atoms with Crippen LogP contribution in [0.4, 0.5) is 0 Å². The minimum Gasteiger partial charge on any atom is -0.246 e. The van der Waals surface area contributed by atoms with Gasteiger partial charge in [-0.2, -0.15) is 0 Å². The van der Waals surface area contributed by atoms with Crippen molar-refractivity contribution in [2.24, 2.45) is 0 Å². The number of benzene rings is 1. The van der Waals surface area contributed by atoms with E-state index in [0.717, 1.165) is 9.25 Å². The number of H-pyrrole nitrogens is 1. The topological polar surface area (TPSA) is 59.8 Å². The molecule has 5 heteroatoms. The third-order valence-electron chi connectivity index (χ3n) is 2.81. The third-order valence-corrected chi connectivity index (χ3v) is 2.81. The molecule has 100 valence electrons. The molecule has 1 heterocycles. The highest BCUT2D eigenvalue weighted by Crippen LogP contribution is 2.08. The summed E-state index contributed by atoms with van der Waals surface area (Å²) in [4.78, 5) is 24.5. The Morgan fingerprint density at radius 1 is 1.42 bits per heavy atom. The van der Waals surface area contributed by atoms with E-state index in [9.17, 15) is 9.59 Å². The lowest BCUT2D eigenvalue weighted by Gasteiger charge is -2.09. The molecule has 0 unspecified atom stereocenters. The Labute approximate surface area is 113 Å². The zero-order valence-electron chi connectivity index (χ0n) is 12.8. The lowest BCUT2D eigenvalue weighted by molar-refractivity contribution is 0.502. The zero-order chi connectivity index (χ0) is 15.6. The average molecular weight is 261 g/mol. The maximum atomic E-state index is 12.4. The summed E-state index contributed by atoms with van der Waals surface area (Å²) in [5, 5.41) is 2.46. The second-order valence-electron chi connectivity index (χ2n) is 4.02. The van der Waals surface area contributed by atoms with Gasteiger partial charge < -0.3 is 0 Å². The highest BCUT2D eigenvalue weighted by molar-refractivity contribution is 5.30. The second kappa shape index (κ2) is 5.56. The third kappa shape index (κ3) is 2.45. The van der Waals surface area contributed by atoms with E-state index in [1.807, 2.05) is 0 Å². The number of aromatic nitrogens is 3. The summed E-state index contributed by atoms with van der Waals surface area (Å²) in [7, 11) is 0. The van der Waals surface area contributed by atoms with Crippen LogP contribution in [0.15, 0.2) is 52.0 Å². The number of hydrogen-bond donors (Lipinski definition) is 1. The Balaban J connectivity index is 2.61. The van der Waals surface area contributed by atoms with Gasteiger partial charge in [0, 0.05) is 1.37 Å². The van der Waals surface area contributed by atoms with Crippen molar-refractivity contribution < 1.29 is 2.74 Å². The lowest BCUT2D eigenvalue weighted by Crippen LogP contribution is -2.28. The lowest BCUT2D eigenvalue weighted by atomic mass is 10.2. The first kappa shape index (κ1) is 10.6. The van der Waals surface area contributed by atoms with Crippen molar-refractivity contribution in [3.8, 4) is 5.69 Å². The molecule has 0 radical (unpaired) electrons. The molecular weight excluding hydrogens is 242 g/mol. The molecule has 2 aromatic rings. The van der Waals surface area contributed by atoms with Gasteiger partial charge in [0.15, 0.2) is 0 Å². The van der Waals surface area contributed by atoms with E-state index in [2.05, 4.69) is 5.10 Å². The summed E-state index contributed by atoms with van der Waals surface area (Å²) in [6.45, 7) is 3.17. The van der Waals surface area contributed by atoms with E-state index in [1.165, 1.54) is 6.08 Å². The fourth-order valence-corrected chi connectivity index (χ4v) is 1.89. The van der Waals surface area contributed by atoms with Gasteiger partial charge >= 0.3 is 11.4 Å². The molecule has 1 aromatic carbocycles. The molecule has 0 saturated heterocycles. The van der Waals surface area contributed by atoms with Gasteiger partial charge in [-0.05, 0) is 25.5 Å². The van der Waals surface area contributed by atoms with Crippen molar-refractivity contribution in [1.29, 1.82) is 0 Å². The van der Waals surface area contributed by atoms with Crippen molar-refractivity contribution in [2.75, 3.05) is 0 Å². The molecule has 0 fully saturated rings. The first-order valence-electron chi connectivity index (χ1n) is 7.06. The molecule has 2 rings (SSSR count). The van der Waals surface area contributed by atoms with Crippen LogP contribution in [0.25, 0.3) is 5.69 Å². The summed E-state index contributed by atoms with van der Waals surface area (Å²) in [6, 6.07) is 8.12. The van der Waals surface area contributed by atoms with Crippen molar-refractivity contribution in [3.63, 3.8) is 0 Å². The minimum atomic E-state index is -0.687. The Hall–Kier alpha value is -2.30. The summed E-state index contributed by atoms with van der Waals surface area (Å²) in [6.07, 6.45) is 0.801. The van der Waals surface area contributed by atoms with Crippen LogP contribution in [0.1, 0.15) is 29.0 Å². The molecule has 0 aliphatic rings. The molecule has 19 heavy (non-hydrogen) atoms. The van der Waals surface area contributed by atoms with Crippen molar-refractivity contribution in [3.05, 3.63) is 63.4 Å². The van der Waals surface area contributed by atoms with Crippen LogP contribution in [0, 0.1) is 0 Å². The van der Waals surface area contributed by atoms with Gasteiger partial charge in [-0.25, -0.2) is 23.9 Å². The highest BCUT2D eigenvalue weighted by atomic mass is 16.2. The van der Waals surface area contributed by atoms with E-state index < -0.39 is 23.8 Å². The summed E-state index contributed by atoms with van der Waals surface area (Å²) in [5.41, 5.74) is -0.647. The number of nitrogens with one attached hydrogen (secondary N) is 1. The standard InChI is InChI=1S/C14H17N3O2/c1-3-8-11(4-2)17-14(19)16(13(18)15-17)12-9-6-5-7-10-12/h3,5-11H,4H2,1-2H3,(H,15,18)/b8-3+/t11-/m0/s1/i3D,4D/t4-,11+/m1. The van der Waals surface area contributed by atoms with Crippen LogP contribution < -0.4 is 11.4 Å². The number of aromatic amines is 1. The SMILES string of the molecule is [2H]/C(C)=C\[C@H]([C@H]([2H])C)n1[nH]c(=O)n(-c2ccccc2)c1=O. The van der Waals surface area contributed by atoms with E-state index >= 15 is 0 Å². The van der Waals surface area contributed by atoms with Crippen molar-refractivity contribution in [1.82, 2.24) is 14.3 Å². The van der Waals surface area contributed by atoms with Gasteiger partial charge in [0.05, 0.1) is 13.1 Å². The predicted octanol–water partition coefficient (Wildman–Crippen LogP) is 1.85. The van der Waals surface area contributed by atoms with Gasteiger partial charge in [-0.15, -0.1) is 0 Å². The fraction of sp³-hybridized carbons (Fsp3) is 0.286. The molecule has 5 nitrogen and oxygen atoms in total. The largest absolute Gasteiger partial charge is 0.352 e. The molecule has 0 aliphatic heterocycles. The van der Waals surface area contributed by atoms with Crippen LogP contribution in [0.3, 0.4) is 0 Å². The number of hydrogen-bond acceptors (Lipinski definition) is 2. The van der Waals surface area contributed by atoms with Crippen LogP contribution >= 0.6 is 0 Å². The Kier molecular flexibility index (Phi) is 3.10. The monoisotopic (exact) mass is 261 g/mol. The van der Waals surface area contributed by atoms with E-state index in [4.69, 9.17) is 2.74 Å². The smallest absolute Gasteiger partial charge is 0.246 e. The van der Waals surface area contributed by atoms with Gasteiger partial charge in [0.25, 0.3) is 0 Å². The Morgan fingerprint density at radius 2 is 2.11 bits per heavy atom. The van der Waals surface area contributed by atoms with Crippen molar-refractivity contribution >= 4 is 0 Å². The van der Waals surface area contributed by atoms with Crippen LogP contribution in [-0.4, -0.2) is 14.3 Å². The predicted molar refractivity (Wildman–Crippen MR) is 74.8 cm³/mol.